The van der Waals surface area contributed by atoms with Crippen molar-refractivity contribution in [2.24, 2.45) is 0 Å². The Morgan fingerprint density at radius 2 is 1.75 bits per heavy atom. The normalized spacial score (nSPS) is 11.3. The average molecular weight is 276 g/mol. The molecule has 0 atom stereocenters. The van der Waals surface area contributed by atoms with Gasteiger partial charge < -0.3 is 4.74 Å². The maximum absolute atomic E-state index is 5.72. The predicted molar refractivity (Wildman–Crippen MR) is 59.5 cm³/mol. The van der Waals surface area contributed by atoms with E-state index < -0.39 is 0 Å². The van der Waals surface area contributed by atoms with Crippen LogP contribution in [0.2, 0.25) is 0 Å². The van der Waals surface area contributed by atoms with Crippen molar-refractivity contribution in [2.75, 3.05) is 0 Å². The van der Waals surface area contributed by atoms with Gasteiger partial charge in [-0.05, 0) is 55.5 Å². The van der Waals surface area contributed by atoms with E-state index in [1.165, 1.54) is 0 Å². The Morgan fingerprint density at radius 1 is 1.17 bits per heavy atom. The molecule has 0 aromatic heterocycles. The molecule has 0 spiro atoms. The second kappa shape index (κ2) is 3.64. The van der Waals surface area contributed by atoms with Crippen molar-refractivity contribution < 1.29 is 4.74 Å². The van der Waals surface area contributed by atoms with Gasteiger partial charge in [0.15, 0.2) is 0 Å². The minimum atomic E-state index is -0.110. The topological polar surface area (TPSA) is 9.23 Å². The highest BCUT2D eigenvalue weighted by atomic mass is 127. The molecule has 0 N–H and O–H groups in total. The summed E-state index contributed by atoms with van der Waals surface area (Å²) in [6, 6.07) is 8.04. The van der Waals surface area contributed by atoms with Gasteiger partial charge >= 0.3 is 0 Å². The summed E-state index contributed by atoms with van der Waals surface area (Å²) in [5, 5.41) is 0. The van der Waals surface area contributed by atoms with Gasteiger partial charge in [-0.2, -0.15) is 0 Å². The lowest BCUT2D eigenvalue weighted by Crippen LogP contribution is -2.23. The Bertz CT molecular complexity index is 263. The van der Waals surface area contributed by atoms with Crippen LogP contribution in [0.5, 0.6) is 5.75 Å². The van der Waals surface area contributed by atoms with Crippen molar-refractivity contribution in [1.29, 1.82) is 0 Å². The van der Waals surface area contributed by atoms with Gasteiger partial charge in [0.1, 0.15) is 11.4 Å². The van der Waals surface area contributed by atoms with Crippen LogP contribution in [-0.2, 0) is 0 Å². The Labute approximate surface area is 87.3 Å². The van der Waals surface area contributed by atoms with E-state index in [1.54, 1.807) is 0 Å². The number of hydrogen-bond acceptors (Lipinski definition) is 1. The molecule has 0 bridgehead atoms. The molecule has 0 heterocycles. The van der Waals surface area contributed by atoms with Gasteiger partial charge in [0.2, 0.25) is 0 Å². The van der Waals surface area contributed by atoms with Crippen LogP contribution in [0.1, 0.15) is 20.8 Å². The van der Waals surface area contributed by atoms with Crippen molar-refractivity contribution in [3.63, 3.8) is 0 Å². The van der Waals surface area contributed by atoms with Gasteiger partial charge in [-0.25, -0.2) is 0 Å². The van der Waals surface area contributed by atoms with E-state index in [9.17, 15) is 0 Å². The lowest BCUT2D eigenvalue weighted by atomic mass is 10.2. The number of para-hydroxylation sites is 1. The predicted octanol–water partition coefficient (Wildman–Crippen LogP) is 3.47. The summed E-state index contributed by atoms with van der Waals surface area (Å²) in [7, 11) is 0. The fraction of sp³-hybridized carbons (Fsp3) is 0.400. The number of rotatable bonds is 1. The number of benzene rings is 1. The standard InChI is InChI=1S/C10H13IO/c1-10(2,3)12-9-7-5-4-6-8(9)11/h4-7H,1-3H3. The molecule has 0 fully saturated rings. The van der Waals surface area contributed by atoms with Crippen molar-refractivity contribution in [1.82, 2.24) is 0 Å². The van der Waals surface area contributed by atoms with Crippen LogP contribution in [-0.4, -0.2) is 5.60 Å². The number of ether oxygens (including phenoxy) is 1. The van der Waals surface area contributed by atoms with Gasteiger partial charge in [0.05, 0.1) is 3.57 Å². The largest absolute Gasteiger partial charge is 0.487 e. The van der Waals surface area contributed by atoms with Gasteiger partial charge in [0.25, 0.3) is 0 Å². The van der Waals surface area contributed by atoms with E-state index in [0.29, 0.717) is 0 Å². The quantitative estimate of drug-likeness (QED) is 0.714. The van der Waals surface area contributed by atoms with Crippen molar-refractivity contribution in [3.8, 4) is 5.75 Å². The second-order valence-electron chi connectivity index (χ2n) is 3.64. The number of hydrogen-bond donors (Lipinski definition) is 0. The summed E-state index contributed by atoms with van der Waals surface area (Å²) >= 11 is 2.28. The fourth-order valence-electron chi connectivity index (χ4n) is 0.857. The molecule has 0 aliphatic rings. The SMILES string of the molecule is CC(C)(C)Oc1ccccc1I. The molecule has 1 aromatic rings. The lowest BCUT2D eigenvalue weighted by Gasteiger charge is -2.21. The molecule has 66 valence electrons. The Morgan fingerprint density at radius 3 is 2.25 bits per heavy atom. The van der Waals surface area contributed by atoms with Crippen LogP contribution in [0.3, 0.4) is 0 Å². The van der Waals surface area contributed by atoms with E-state index in [1.807, 2.05) is 24.3 Å². The minimum absolute atomic E-state index is 0.110. The molecule has 2 heteroatoms. The third kappa shape index (κ3) is 3.01. The van der Waals surface area contributed by atoms with E-state index in [2.05, 4.69) is 43.4 Å². The Kier molecular flexibility index (Phi) is 2.99. The van der Waals surface area contributed by atoms with Crippen LogP contribution in [0.15, 0.2) is 24.3 Å². The molecule has 1 aromatic carbocycles. The molecule has 0 radical (unpaired) electrons. The fourth-order valence-corrected chi connectivity index (χ4v) is 1.35. The van der Waals surface area contributed by atoms with Crippen LogP contribution in [0.4, 0.5) is 0 Å². The maximum atomic E-state index is 5.72. The summed E-state index contributed by atoms with van der Waals surface area (Å²) in [5.41, 5.74) is -0.110. The van der Waals surface area contributed by atoms with Gasteiger partial charge in [-0.15, -0.1) is 0 Å². The summed E-state index contributed by atoms with van der Waals surface area (Å²) in [6.45, 7) is 6.16. The van der Waals surface area contributed by atoms with Crippen LogP contribution < -0.4 is 4.74 Å². The van der Waals surface area contributed by atoms with E-state index in [4.69, 9.17) is 4.74 Å². The molecule has 0 saturated carbocycles. The van der Waals surface area contributed by atoms with Crippen molar-refractivity contribution >= 4 is 22.6 Å². The summed E-state index contributed by atoms with van der Waals surface area (Å²) in [6.07, 6.45) is 0. The molecule has 1 rings (SSSR count). The van der Waals surface area contributed by atoms with Crippen LogP contribution >= 0.6 is 22.6 Å². The van der Waals surface area contributed by atoms with E-state index in [0.717, 1.165) is 9.32 Å². The summed E-state index contributed by atoms with van der Waals surface area (Å²) in [4.78, 5) is 0. The molecule has 0 aliphatic carbocycles. The van der Waals surface area contributed by atoms with Crippen LogP contribution in [0, 0.1) is 3.57 Å². The molecule has 0 saturated heterocycles. The third-order valence-corrected chi connectivity index (χ3v) is 2.14. The van der Waals surface area contributed by atoms with Gasteiger partial charge in [-0.3, -0.25) is 0 Å². The molecule has 12 heavy (non-hydrogen) atoms. The number of halogens is 1. The maximum Gasteiger partial charge on any atom is 0.133 e. The first kappa shape index (κ1) is 9.84. The molecule has 0 unspecified atom stereocenters. The molecule has 1 nitrogen and oxygen atoms in total. The minimum Gasteiger partial charge on any atom is -0.487 e. The first-order valence-electron chi connectivity index (χ1n) is 3.92. The highest BCUT2D eigenvalue weighted by Gasteiger charge is 2.12. The van der Waals surface area contributed by atoms with Gasteiger partial charge in [-0.1, -0.05) is 12.1 Å². The van der Waals surface area contributed by atoms with Crippen molar-refractivity contribution in [2.45, 2.75) is 26.4 Å². The smallest absolute Gasteiger partial charge is 0.133 e. The third-order valence-electron chi connectivity index (χ3n) is 1.25. The van der Waals surface area contributed by atoms with Crippen LogP contribution in [0.25, 0.3) is 0 Å². The highest BCUT2D eigenvalue weighted by Crippen LogP contribution is 2.23. The zero-order chi connectivity index (χ0) is 9.19. The summed E-state index contributed by atoms with van der Waals surface area (Å²) in [5.74, 6) is 0.964. The molecular weight excluding hydrogens is 263 g/mol. The highest BCUT2D eigenvalue weighted by molar-refractivity contribution is 14.1. The molecular formula is C10H13IO. The molecule has 0 aliphatic heterocycles. The Hall–Kier alpha value is -0.250. The zero-order valence-corrected chi connectivity index (χ0v) is 9.75. The average Bonchev–Trinajstić information content (AvgIpc) is 1.91. The second-order valence-corrected chi connectivity index (χ2v) is 4.81. The van der Waals surface area contributed by atoms with Gasteiger partial charge in [0, 0.05) is 0 Å². The van der Waals surface area contributed by atoms with E-state index >= 15 is 0 Å². The first-order chi connectivity index (χ1) is 5.49. The first-order valence-corrected chi connectivity index (χ1v) is 5.00. The monoisotopic (exact) mass is 276 g/mol. The molecule has 0 amide bonds. The lowest BCUT2D eigenvalue weighted by molar-refractivity contribution is 0.129. The zero-order valence-electron chi connectivity index (χ0n) is 7.60. The van der Waals surface area contributed by atoms with Crippen molar-refractivity contribution in [3.05, 3.63) is 27.8 Å². The van der Waals surface area contributed by atoms with E-state index in [-0.39, 0.29) is 5.60 Å². The summed E-state index contributed by atoms with van der Waals surface area (Å²) < 4.78 is 6.88. The Balaban J connectivity index is 2.83.